The number of aryl methyl sites for hydroxylation is 13. The fourth-order valence-electron chi connectivity index (χ4n) is 17.8. The maximum Gasteiger partial charge on any atom is 0.200 e. The second-order valence-corrected chi connectivity index (χ2v) is 40.3. The molecule has 0 fully saturated rings. The predicted molar refractivity (Wildman–Crippen MR) is 571 cm³/mol. The molecule has 13 aromatic heterocycles. The van der Waals surface area contributed by atoms with Crippen LogP contribution in [0.4, 0.5) is 39.3 Å². The zero-order valence-corrected chi connectivity index (χ0v) is 82.8. The Hall–Kier alpha value is -13.8. The fourth-order valence-corrected chi connectivity index (χ4v) is 25.2. The minimum Gasteiger partial charge on any atom is -0.502 e. The van der Waals surface area contributed by atoms with Crippen LogP contribution in [0.15, 0.2) is 190 Å². The summed E-state index contributed by atoms with van der Waals surface area (Å²) in [5.41, 5.74) is 33.4. The van der Waals surface area contributed by atoms with Gasteiger partial charge in [0, 0.05) is 58.5 Å². The summed E-state index contributed by atoms with van der Waals surface area (Å²) in [4.78, 5) is 72.0. The minimum atomic E-state index is -0.293. The molecule has 35 heteroatoms. The maximum absolute atomic E-state index is 13.6. The molecule has 0 saturated carbocycles. The second kappa shape index (κ2) is 47.0. The zero-order valence-electron chi connectivity index (χ0n) is 77.9. The number of halogens is 1. The molecule has 28 nitrogen and oxygen atoms in total. The van der Waals surface area contributed by atoms with Crippen LogP contribution in [0.1, 0.15) is 200 Å². The summed E-state index contributed by atoms with van der Waals surface area (Å²) in [6.45, 7) is 6.34. The average Bonchev–Trinajstić information content (AvgIpc) is 1.66. The average molecular weight is 1970 g/mol. The Bertz CT molecular complexity index is 7340. The smallest absolute Gasteiger partial charge is 0.200 e. The third-order valence-electron chi connectivity index (χ3n) is 24.7. The van der Waals surface area contributed by atoms with Gasteiger partial charge in [0.2, 0.25) is 5.75 Å². The first-order valence-corrected chi connectivity index (χ1v) is 52.1. The maximum atomic E-state index is 13.6. The molecule has 7 N–H and O–H groups in total. The van der Waals surface area contributed by atoms with E-state index in [1.807, 2.05) is 66.1 Å². The van der Waals surface area contributed by atoms with Gasteiger partial charge >= 0.3 is 0 Å². The monoisotopic (exact) mass is 1960 g/mol. The number of nitrogens with one attached hydrogen (secondary N) is 6. The van der Waals surface area contributed by atoms with Gasteiger partial charge in [-0.05, 0) is 255 Å². The Kier molecular flexibility index (Phi) is 32.3. The van der Waals surface area contributed by atoms with E-state index in [4.69, 9.17) is 9.47 Å². The molecule has 0 aliphatic heterocycles. The van der Waals surface area contributed by atoms with Crippen molar-refractivity contribution >= 4 is 207 Å². The molecule has 23 rings (SSSR count). The molecule has 0 saturated heterocycles. The molecule has 139 heavy (non-hydrogen) atoms. The lowest BCUT2D eigenvalue weighted by atomic mass is 9.97. The van der Waals surface area contributed by atoms with Gasteiger partial charge in [-0.3, -0.25) is 37.5 Å². The molecule has 4 aromatic carbocycles. The van der Waals surface area contributed by atoms with E-state index in [1.54, 1.807) is 150 Å². The Balaban J connectivity index is 0.000000111. The number of hydrogen-bond donors (Lipinski definition) is 7. The number of ether oxygens (including phenoxy) is 2. The van der Waals surface area contributed by atoms with E-state index in [-0.39, 0.29) is 11.6 Å². The zero-order chi connectivity index (χ0) is 95.0. The topological polar surface area (TPSA) is 353 Å². The van der Waals surface area contributed by atoms with E-state index in [1.165, 1.54) is 202 Å². The summed E-state index contributed by atoms with van der Waals surface area (Å²) < 4.78 is 23.9. The number of aromatic nitrogens is 13. The van der Waals surface area contributed by atoms with Crippen molar-refractivity contribution < 1.29 is 19.0 Å². The van der Waals surface area contributed by atoms with Crippen LogP contribution >= 0.6 is 68.0 Å². The van der Waals surface area contributed by atoms with Crippen LogP contribution in [0, 0.1) is 12.7 Å². The highest BCUT2D eigenvalue weighted by molar-refractivity contribution is 7.20. The van der Waals surface area contributed by atoms with Crippen molar-refractivity contribution in [1.29, 1.82) is 0 Å². The normalized spacial score (nSPS) is 14.2. The number of thiophene rings is 6. The SMILES string of the molecule is C(/C=C/c1ccccc1)=N/Nc1ncnc2sc3c(c12)CCCC3.C(=N/Nc1ncnc2sc3c(c12)CCCC3)/c1ccccn1.CCC(CC)=NNc1ncnc2sc3c(c12)CCCC3.COc1cc(/C=N\Nc2ncnc3sc4c(c23)CCCC4)cc(OC)c1O.Cc1ccc(/C=N\Nc2ncnc3sc4c(c23)CCCC4)cc1.Fc1ccccc1/C=N\Nc1ncnc2sc3c(c12)CCCC3. The first-order chi connectivity index (χ1) is 68.5. The van der Waals surface area contributed by atoms with E-state index in [2.05, 4.69) is 185 Å². The summed E-state index contributed by atoms with van der Waals surface area (Å²) in [6.07, 6.45) is 54.2. The van der Waals surface area contributed by atoms with E-state index < -0.39 is 0 Å². The number of hydrogen-bond acceptors (Lipinski definition) is 34. The van der Waals surface area contributed by atoms with E-state index in [0.29, 0.717) is 28.7 Å². The van der Waals surface area contributed by atoms with Crippen LogP contribution in [0.2, 0.25) is 0 Å². The standard InChI is InChI=1S/C19H20N4O3S.C19H18N4S.C18H18N4S.C17H15FN4S.C16H15N5S.C15H20N4S/c1-25-13-7-11(8-14(26-2)17(13)24)9-22-23-18-16-12-5-3-4-6-15(12)27-19(16)21-10-20-18;1-2-7-14(8-3-1)9-6-12-22-23-18-17-15-10-4-5-11-16(15)24-19(17)21-13-20-18;1-12-6-8-13(9-7-12)10-21-22-17-16-14-4-2-3-5-15(14)23-18(16)20-11-19-17;18-13-7-3-1-5-11(13)9-21-22-16-15-12-6-2-4-8-14(12)23-17(15)20-10-19-16;1-2-7-13-12(6-1)14-15(18-10-19-16(14)22-13)21-20-9-11-5-3-4-8-17-11;1-3-10(4-2)18-19-14-13-11-7-5-6-8-12(11)20-15(13)17-9-16-14/h7-10,24H,3-6H2,1-2H3,(H,20,21,23);1-3,6-9,12-13H,4-5,10-11H2,(H,20,21,23);6-11H,2-5H2,1H3,(H,19,20,22);1,3,5,7,9-10H,2,4,6,8H2,(H,19,20,22);3-5,8-10H,1-2,6-7H2,(H,18,19,21);9H,3-8H2,1-2H3,(H,16,17,19)/b22-9-;9-6+,22-12-;21-10-;21-9-;20-9-;. The van der Waals surface area contributed by atoms with Gasteiger partial charge < -0.3 is 14.6 Å². The van der Waals surface area contributed by atoms with Gasteiger partial charge in [-0.25, -0.2) is 64.2 Å². The summed E-state index contributed by atoms with van der Waals surface area (Å²) in [7, 11) is 2.98. The molecule has 0 spiro atoms. The molecule has 6 aliphatic carbocycles. The van der Waals surface area contributed by atoms with Gasteiger partial charge in [-0.2, -0.15) is 30.6 Å². The predicted octanol–water partition coefficient (Wildman–Crippen LogP) is 24.5. The second-order valence-electron chi connectivity index (χ2n) is 33.8. The van der Waals surface area contributed by atoms with Crippen LogP contribution in [0.25, 0.3) is 67.4 Å². The van der Waals surface area contributed by atoms with Gasteiger partial charge in [0.1, 0.15) is 72.8 Å². The van der Waals surface area contributed by atoms with Crippen LogP contribution in [0.5, 0.6) is 17.2 Å². The number of allylic oxidation sites excluding steroid dienone is 1. The quantitative estimate of drug-likeness (QED) is 0.0245. The van der Waals surface area contributed by atoms with E-state index in [9.17, 15) is 9.50 Å². The molecule has 0 radical (unpaired) electrons. The van der Waals surface area contributed by atoms with Gasteiger partial charge in [-0.15, -0.1) is 68.0 Å². The molecule has 0 atom stereocenters. The number of phenolic OH excluding ortho intramolecular Hbond substituents is 1. The molecular weight excluding hydrogens is 1860 g/mol. The number of rotatable bonds is 22. The largest absolute Gasteiger partial charge is 0.502 e. The fraction of sp³-hybridized carbons (Fsp3) is 0.298. The molecule has 0 unspecified atom stereocenters. The van der Waals surface area contributed by atoms with Crippen LogP contribution in [-0.2, 0) is 77.0 Å². The number of benzene rings is 4. The van der Waals surface area contributed by atoms with Gasteiger partial charge in [0.05, 0.1) is 77.1 Å². The van der Waals surface area contributed by atoms with E-state index in [0.717, 1.165) is 172 Å². The van der Waals surface area contributed by atoms with Crippen LogP contribution in [-0.4, -0.2) is 121 Å². The van der Waals surface area contributed by atoms with Crippen molar-refractivity contribution in [1.82, 2.24) is 64.8 Å². The number of aromatic hydroxyl groups is 1. The lowest BCUT2D eigenvalue weighted by Gasteiger charge is -2.11. The molecule has 708 valence electrons. The van der Waals surface area contributed by atoms with Crippen molar-refractivity contribution in [2.24, 2.45) is 30.6 Å². The Morgan fingerprint density at radius 1 is 0.360 bits per heavy atom. The third kappa shape index (κ3) is 23.3. The molecule has 17 aromatic rings. The van der Waals surface area contributed by atoms with Gasteiger partial charge in [0.15, 0.2) is 46.4 Å². The highest BCUT2D eigenvalue weighted by Gasteiger charge is 2.27. The highest BCUT2D eigenvalue weighted by Crippen LogP contribution is 2.45. The van der Waals surface area contributed by atoms with Gasteiger partial charge in [-0.1, -0.05) is 104 Å². The Morgan fingerprint density at radius 3 is 1.06 bits per heavy atom. The number of hydrazone groups is 6. The number of nitrogens with zero attached hydrogens (tertiary/aromatic N) is 19. The Labute approximate surface area is 828 Å². The third-order valence-corrected chi connectivity index (χ3v) is 31.9. The number of fused-ring (bicyclic) bond motifs is 18. The first kappa shape index (κ1) is 95.5. The van der Waals surface area contributed by atoms with Crippen molar-refractivity contribution in [3.05, 3.63) is 261 Å². The summed E-state index contributed by atoms with van der Waals surface area (Å²) in [6, 6.07) is 34.1. The lowest BCUT2D eigenvalue weighted by Crippen LogP contribution is -2.03. The Morgan fingerprint density at radius 2 is 0.698 bits per heavy atom. The van der Waals surface area contributed by atoms with Crippen LogP contribution < -0.4 is 42.0 Å². The molecule has 13 heterocycles. The number of anilines is 6. The highest BCUT2D eigenvalue weighted by atomic mass is 32.1. The minimum absolute atomic E-state index is 0.0347. The summed E-state index contributed by atoms with van der Waals surface area (Å²) in [5, 5.41) is 42.7. The lowest BCUT2D eigenvalue weighted by molar-refractivity contribution is 0.340. The first-order valence-electron chi connectivity index (χ1n) is 47.2. The van der Waals surface area contributed by atoms with Crippen LogP contribution in [0.3, 0.4) is 0 Å². The summed E-state index contributed by atoms with van der Waals surface area (Å²) in [5.74, 6) is 5.02. The molecule has 6 aliphatic rings. The number of phenols is 1. The van der Waals surface area contributed by atoms with Crippen molar-refractivity contribution in [2.75, 3.05) is 46.8 Å². The van der Waals surface area contributed by atoms with Gasteiger partial charge in [0.25, 0.3) is 0 Å². The number of methoxy groups -OCH3 is 2. The van der Waals surface area contributed by atoms with Crippen molar-refractivity contribution in [2.45, 2.75) is 188 Å². The molecular formula is C104H106FN25O3S6. The van der Waals surface area contributed by atoms with Crippen molar-refractivity contribution in [3.63, 3.8) is 0 Å². The summed E-state index contributed by atoms with van der Waals surface area (Å²) >= 11 is 10.7. The molecule has 0 amide bonds. The number of pyridine rings is 1. The van der Waals surface area contributed by atoms with E-state index >= 15 is 0 Å². The van der Waals surface area contributed by atoms with Crippen molar-refractivity contribution in [3.8, 4) is 17.2 Å². The molecule has 0 bridgehead atoms.